The highest BCUT2D eigenvalue weighted by Crippen LogP contribution is 2.19. The summed E-state index contributed by atoms with van der Waals surface area (Å²) in [5, 5.41) is 0. The second-order valence-electron chi connectivity index (χ2n) is 4.26. The maximum Gasteiger partial charge on any atom is 0.254 e. The highest BCUT2D eigenvalue weighted by atomic mass is 79.9. The van der Waals surface area contributed by atoms with E-state index in [-0.39, 0.29) is 24.4 Å². The molecule has 1 aliphatic rings. The van der Waals surface area contributed by atoms with Gasteiger partial charge in [-0.15, -0.1) is 12.4 Å². The van der Waals surface area contributed by atoms with Crippen molar-refractivity contribution >= 4 is 34.2 Å². The number of likely N-dealkylation sites (tertiary alicyclic amines) is 1. The van der Waals surface area contributed by atoms with Gasteiger partial charge in [0.1, 0.15) is 0 Å². The molecule has 0 aliphatic carbocycles. The van der Waals surface area contributed by atoms with Gasteiger partial charge in [-0.1, -0.05) is 22.0 Å². The molecule has 1 aromatic rings. The number of amides is 1. The highest BCUT2D eigenvalue weighted by Gasteiger charge is 2.25. The lowest BCUT2D eigenvalue weighted by molar-refractivity contribution is 0.0790. The number of carbonyl (C=O) groups excluding carboxylic acids is 1. The zero-order valence-corrected chi connectivity index (χ0v) is 12.1. The molecule has 5 heteroatoms. The summed E-state index contributed by atoms with van der Waals surface area (Å²) >= 11 is 3.39. The number of aryl methyl sites for hydroxylation is 1. The van der Waals surface area contributed by atoms with Crippen molar-refractivity contribution in [2.24, 2.45) is 5.73 Å². The summed E-state index contributed by atoms with van der Waals surface area (Å²) in [6.07, 6.45) is 0.902. The Bertz CT molecular complexity index is 425. The van der Waals surface area contributed by atoms with Gasteiger partial charge in [0.25, 0.3) is 5.91 Å². The standard InChI is InChI=1S/C12H15BrN2O.ClH/c1-8-2-3-9(13)6-11(8)12(16)15-5-4-10(14)7-15;/h2-3,6,10H,4-5,7,14H2,1H3;1H. The minimum atomic E-state index is 0. The lowest BCUT2D eigenvalue weighted by Crippen LogP contribution is -2.32. The molecule has 1 unspecified atom stereocenters. The molecule has 1 aliphatic heterocycles. The first kappa shape index (κ1) is 14.5. The summed E-state index contributed by atoms with van der Waals surface area (Å²) < 4.78 is 0.935. The van der Waals surface area contributed by atoms with Crippen LogP contribution in [0.4, 0.5) is 0 Å². The summed E-state index contributed by atoms with van der Waals surface area (Å²) in [4.78, 5) is 14.0. The number of nitrogens with two attached hydrogens (primary N) is 1. The number of halogens is 2. The average Bonchev–Trinajstić information content (AvgIpc) is 2.67. The van der Waals surface area contributed by atoms with E-state index in [9.17, 15) is 4.79 Å². The van der Waals surface area contributed by atoms with Crippen molar-refractivity contribution in [1.29, 1.82) is 0 Å². The van der Waals surface area contributed by atoms with Crippen LogP contribution in [0.2, 0.25) is 0 Å². The van der Waals surface area contributed by atoms with E-state index >= 15 is 0 Å². The van der Waals surface area contributed by atoms with E-state index in [2.05, 4.69) is 15.9 Å². The molecule has 1 saturated heterocycles. The van der Waals surface area contributed by atoms with Gasteiger partial charge in [0.15, 0.2) is 0 Å². The van der Waals surface area contributed by atoms with E-state index in [1.54, 1.807) is 0 Å². The van der Waals surface area contributed by atoms with E-state index in [0.717, 1.165) is 28.6 Å². The minimum absolute atomic E-state index is 0. The predicted molar refractivity (Wildman–Crippen MR) is 74.6 cm³/mol. The van der Waals surface area contributed by atoms with Gasteiger partial charge in [0.2, 0.25) is 0 Å². The van der Waals surface area contributed by atoms with Gasteiger partial charge in [0, 0.05) is 29.2 Å². The van der Waals surface area contributed by atoms with Crippen molar-refractivity contribution in [3.63, 3.8) is 0 Å². The van der Waals surface area contributed by atoms with Gasteiger partial charge >= 0.3 is 0 Å². The van der Waals surface area contributed by atoms with Crippen molar-refractivity contribution in [1.82, 2.24) is 4.90 Å². The Morgan fingerprint density at radius 3 is 2.82 bits per heavy atom. The highest BCUT2D eigenvalue weighted by molar-refractivity contribution is 9.10. The van der Waals surface area contributed by atoms with E-state index in [4.69, 9.17) is 5.73 Å². The fourth-order valence-corrected chi connectivity index (χ4v) is 2.33. The first-order chi connectivity index (χ1) is 7.58. The van der Waals surface area contributed by atoms with Crippen molar-refractivity contribution < 1.29 is 4.79 Å². The Labute approximate surface area is 116 Å². The summed E-state index contributed by atoms with van der Waals surface area (Å²) in [6, 6.07) is 5.91. The van der Waals surface area contributed by atoms with Gasteiger partial charge in [-0.2, -0.15) is 0 Å². The van der Waals surface area contributed by atoms with Crippen molar-refractivity contribution in [3.8, 4) is 0 Å². The van der Waals surface area contributed by atoms with Crippen LogP contribution >= 0.6 is 28.3 Å². The smallest absolute Gasteiger partial charge is 0.254 e. The molecule has 0 radical (unpaired) electrons. The zero-order chi connectivity index (χ0) is 11.7. The number of nitrogens with zero attached hydrogens (tertiary/aromatic N) is 1. The van der Waals surface area contributed by atoms with E-state index < -0.39 is 0 Å². The van der Waals surface area contributed by atoms with Gasteiger partial charge < -0.3 is 10.6 Å². The third-order valence-corrected chi connectivity index (χ3v) is 3.44. The quantitative estimate of drug-likeness (QED) is 0.863. The molecule has 1 fully saturated rings. The van der Waals surface area contributed by atoms with Crippen LogP contribution < -0.4 is 5.73 Å². The Balaban J connectivity index is 0.00000144. The number of rotatable bonds is 1. The summed E-state index contributed by atoms with van der Waals surface area (Å²) in [7, 11) is 0. The number of hydrogen-bond donors (Lipinski definition) is 1. The zero-order valence-electron chi connectivity index (χ0n) is 9.65. The third-order valence-electron chi connectivity index (χ3n) is 2.94. The van der Waals surface area contributed by atoms with E-state index in [0.29, 0.717) is 6.54 Å². The molecule has 0 saturated carbocycles. The van der Waals surface area contributed by atoms with Crippen molar-refractivity contribution in [2.75, 3.05) is 13.1 Å². The fourth-order valence-electron chi connectivity index (χ4n) is 1.97. The van der Waals surface area contributed by atoms with Gasteiger partial charge in [-0.05, 0) is 31.0 Å². The molecule has 1 atom stereocenters. The lowest BCUT2D eigenvalue weighted by atomic mass is 10.1. The lowest BCUT2D eigenvalue weighted by Gasteiger charge is -2.17. The Morgan fingerprint density at radius 1 is 1.53 bits per heavy atom. The molecule has 0 bridgehead atoms. The van der Waals surface area contributed by atoms with E-state index in [1.807, 2.05) is 30.0 Å². The second kappa shape index (κ2) is 5.85. The SMILES string of the molecule is Cc1ccc(Br)cc1C(=O)N1CCC(N)C1.Cl. The topological polar surface area (TPSA) is 46.3 Å². The molecule has 1 aromatic carbocycles. The van der Waals surface area contributed by atoms with E-state index in [1.165, 1.54) is 0 Å². The monoisotopic (exact) mass is 318 g/mol. The largest absolute Gasteiger partial charge is 0.337 e. The molecular formula is C12H16BrClN2O. The number of carbonyl (C=O) groups is 1. The Kier molecular flexibility index (Phi) is 4.98. The van der Waals surface area contributed by atoms with Gasteiger partial charge in [-0.3, -0.25) is 4.79 Å². The molecule has 94 valence electrons. The maximum atomic E-state index is 12.2. The number of hydrogen-bond acceptors (Lipinski definition) is 2. The van der Waals surface area contributed by atoms with Crippen LogP contribution in [0.5, 0.6) is 0 Å². The molecule has 2 N–H and O–H groups in total. The Morgan fingerprint density at radius 2 is 2.24 bits per heavy atom. The number of benzene rings is 1. The predicted octanol–water partition coefficient (Wildman–Crippen LogP) is 2.35. The van der Waals surface area contributed by atoms with Crippen molar-refractivity contribution in [3.05, 3.63) is 33.8 Å². The van der Waals surface area contributed by atoms with Crippen LogP contribution in [0.25, 0.3) is 0 Å². The molecule has 1 amide bonds. The molecule has 3 nitrogen and oxygen atoms in total. The molecule has 1 heterocycles. The first-order valence-electron chi connectivity index (χ1n) is 5.39. The molecule has 2 rings (SSSR count). The molecular weight excluding hydrogens is 304 g/mol. The van der Waals surface area contributed by atoms with Gasteiger partial charge in [-0.25, -0.2) is 0 Å². The summed E-state index contributed by atoms with van der Waals surface area (Å²) in [6.45, 7) is 3.40. The summed E-state index contributed by atoms with van der Waals surface area (Å²) in [5.41, 5.74) is 7.58. The Hall–Kier alpha value is -0.580. The summed E-state index contributed by atoms with van der Waals surface area (Å²) in [5.74, 6) is 0.0896. The first-order valence-corrected chi connectivity index (χ1v) is 6.18. The fraction of sp³-hybridized carbons (Fsp3) is 0.417. The van der Waals surface area contributed by atoms with Crippen LogP contribution in [0.3, 0.4) is 0 Å². The minimum Gasteiger partial charge on any atom is -0.337 e. The van der Waals surface area contributed by atoms with Gasteiger partial charge in [0.05, 0.1) is 0 Å². The molecule has 0 spiro atoms. The van der Waals surface area contributed by atoms with Crippen LogP contribution in [-0.4, -0.2) is 29.9 Å². The van der Waals surface area contributed by atoms with Crippen LogP contribution in [0, 0.1) is 6.92 Å². The molecule has 17 heavy (non-hydrogen) atoms. The van der Waals surface area contributed by atoms with Crippen LogP contribution in [0.15, 0.2) is 22.7 Å². The average molecular weight is 320 g/mol. The van der Waals surface area contributed by atoms with Crippen molar-refractivity contribution in [2.45, 2.75) is 19.4 Å². The maximum absolute atomic E-state index is 12.2. The van der Waals surface area contributed by atoms with Crippen LogP contribution in [0.1, 0.15) is 22.3 Å². The second-order valence-corrected chi connectivity index (χ2v) is 5.17. The molecule has 0 aromatic heterocycles. The normalized spacial score (nSPS) is 19.0. The van der Waals surface area contributed by atoms with Crippen LogP contribution in [-0.2, 0) is 0 Å². The third kappa shape index (κ3) is 3.21.